The third-order valence-corrected chi connectivity index (χ3v) is 7.23. The van der Waals surface area contributed by atoms with Crippen LogP contribution in [0.2, 0.25) is 0 Å². The molecule has 0 unspecified atom stereocenters. The zero-order chi connectivity index (χ0) is 22.0. The molecule has 7 nitrogen and oxygen atoms in total. The molecule has 31 heavy (non-hydrogen) atoms. The zero-order valence-corrected chi connectivity index (χ0v) is 18.4. The van der Waals surface area contributed by atoms with Gasteiger partial charge >= 0.3 is 5.97 Å². The van der Waals surface area contributed by atoms with Crippen LogP contribution in [-0.4, -0.2) is 41.6 Å². The van der Waals surface area contributed by atoms with Gasteiger partial charge in [0.05, 0.1) is 21.8 Å². The van der Waals surface area contributed by atoms with Gasteiger partial charge in [-0.05, 0) is 68.7 Å². The lowest BCUT2D eigenvalue weighted by atomic mass is 10.2. The summed E-state index contributed by atoms with van der Waals surface area (Å²) in [4.78, 5) is 12.6. The molecule has 0 atom stereocenters. The normalized spacial score (nSPS) is 14.6. The summed E-state index contributed by atoms with van der Waals surface area (Å²) in [6.45, 7) is 5.07. The third kappa shape index (κ3) is 4.55. The zero-order valence-electron chi connectivity index (χ0n) is 17.6. The van der Waals surface area contributed by atoms with Crippen molar-refractivity contribution in [3.63, 3.8) is 0 Å². The first-order valence-corrected chi connectivity index (χ1v) is 11.7. The second-order valence-corrected chi connectivity index (χ2v) is 9.66. The maximum Gasteiger partial charge on any atom is 0.338 e. The third-order valence-electron chi connectivity index (χ3n) is 5.33. The van der Waals surface area contributed by atoms with Gasteiger partial charge in [-0.3, -0.25) is 0 Å². The van der Waals surface area contributed by atoms with E-state index >= 15 is 0 Å². The van der Waals surface area contributed by atoms with Crippen molar-refractivity contribution in [3.05, 3.63) is 77.1 Å². The molecule has 0 aliphatic carbocycles. The van der Waals surface area contributed by atoms with E-state index in [1.54, 1.807) is 12.1 Å². The number of rotatable bonds is 6. The molecule has 162 valence electrons. The lowest BCUT2D eigenvalue weighted by Gasteiger charge is -2.15. The summed E-state index contributed by atoms with van der Waals surface area (Å²) in [5.41, 5.74) is 3.98. The van der Waals surface area contributed by atoms with E-state index in [0.29, 0.717) is 13.1 Å². The highest BCUT2D eigenvalue weighted by Crippen LogP contribution is 2.22. The Morgan fingerprint density at radius 1 is 1.03 bits per heavy atom. The van der Waals surface area contributed by atoms with Crippen LogP contribution in [0, 0.1) is 13.8 Å². The van der Waals surface area contributed by atoms with Crippen LogP contribution >= 0.6 is 0 Å². The summed E-state index contributed by atoms with van der Waals surface area (Å²) in [5.74, 6) is -0.555. The fourth-order valence-electron chi connectivity index (χ4n) is 3.72. The lowest BCUT2D eigenvalue weighted by Crippen LogP contribution is -2.28. The van der Waals surface area contributed by atoms with Gasteiger partial charge in [-0.2, -0.15) is 9.40 Å². The molecule has 2 heterocycles. The number of nitrogens with zero attached hydrogens (tertiary/aromatic N) is 3. The summed E-state index contributed by atoms with van der Waals surface area (Å²) < 4.78 is 34.2. The highest BCUT2D eigenvalue weighted by molar-refractivity contribution is 7.89. The van der Waals surface area contributed by atoms with E-state index in [-0.39, 0.29) is 17.1 Å². The number of carbonyl (C=O) groups excluding carboxylic acids is 1. The van der Waals surface area contributed by atoms with Crippen LogP contribution in [0.1, 0.15) is 40.2 Å². The molecule has 8 heteroatoms. The molecule has 0 N–H and O–H groups in total. The quantitative estimate of drug-likeness (QED) is 0.548. The van der Waals surface area contributed by atoms with Gasteiger partial charge in [-0.25, -0.2) is 17.9 Å². The summed E-state index contributed by atoms with van der Waals surface area (Å²) in [6, 6.07) is 15.7. The minimum atomic E-state index is -3.58. The van der Waals surface area contributed by atoms with Crippen molar-refractivity contribution in [2.45, 2.75) is 38.2 Å². The number of hydrogen-bond donors (Lipinski definition) is 0. The Bertz CT molecular complexity index is 1190. The van der Waals surface area contributed by atoms with E-state index in [1.807, 2.05) is 48.9 Å². The number of aromatic nitrogens is 2. The Balaban J connectivity index is 1.43. The molecule has 4 rings (SSSR count). The van der Waals surface area contributed by atoms with E-state index in [1.165, 1.54) is 16.4 Å². The van der Waals surface area contributed by atoms with Gasteiger partial charge < -0.3 is 4.74 Å². The average Bonchev–Trinajstić information content (AvgIpc) is 3.42. The van der Waals surface area contributed by atoms with Gasteiger partial charge in [0.25, 0.3) is 0 Å². The predicted molar refractivity (Wildman–Crippen MR) is 117 cm³/mol. The minimum absolute atomic E-state index is 0.0966. The first-order chi connectivity index (χ1) is 14.8. The van der Waals surface area contributed by atoms with Crippen molar-refractivity contribution in [3.8, 4) is 5.69 Å². The summed E-state index contributed by atoms with van der Waals surface area (Å²) >= 11 is 0. The van der Waals surface area contributed by atoms with Crippen LogP contribution in [0.25, 0.3) is 5.69 Å². The van der Waals surface area contributed by atoms with Crippen molar-refractivity contribution >= 4 is 16.0 Å². The molecule has 3 aromatic rings. The summed E-state index contributed by atoms with van der Waals surface area (Å²) in [5, 5.41) is 4.46. The van der Waals surface area contributed by atoms with E-state index in [9.17, 15) is 13.2 Å². The standard InChI is InChI=1S/C23H25N3O4S/c1-17-14-18(2)26(24-17)21-10-8-19(9-11-21)16-30-23(27)20-6-5-7-22(15-20)31(28,29)25-12-3-4-13-25/h5-11,14-15H,3-4,12-13,16H2,1-2H3. The van der Waals surface area contributed by atoms with Crippen molar-refractivity contribution in [2.75, 3.05) is 13.1 Å². The van der Waals surface area contributed by atoms with Crippen LogP contribution in [0.4, 0.5) is 0 Å². The van der Waals surface area contributed by atoms with Crippen LogP contribution < -0.4 is 0 Å². The lowest BCUT2D eigenvalue weighted by molar-refractivity contribution is 0.0472. The SMILES string of the molecule is Cc1cc(C)n(-c2ccc(COC(=O)c3cccc(S(=O)(=O)N4CCCC4)c3)cc2)n1. The number of esters is 1. The molecular formula is C23H25N3O4S. The molecule has 0 saturated carbocycles. The van der Waals surface area contributed by atoms with Gasteiger partial charge in [0.2, 0.25) is 10.0 Å². The molecule has 0 amide bonds. The van der Waals surface area contributed by atoms with Crippen LogP contribution in [-0.2, 0) is 21.4 Å². The molecular weight excluding hydrogens is 414 g/mol. The van der Waals surface area contributed by atoms with Crippen molar-refractivity contribution in [1.82, 2.24) is 14.1 Å². The summed E-state index contributed by atoms with van der Waals surface area (Å²) in [7, 11) is -3.58. The van der Waals surface area contributed by atoms with E-state index in [2.05, 4.69) is 5.10 Å². The molecule has 0 bridgehead atoms. The van der Waals surface area contributed by atoms with Crippen LogP contribution in [0.15, 0.2) is 59.5 Å². The Hall–Kier alpha value is -2.97. The second kappa shape index (κ2) is 8.64. The molecule has 1 aliphatic heterocycles. The molecule has 1 aromatic heterocycles. The fraction of sp³-hybridized carbons (Fsp3) is 0.304. The number of sulfonamides is 1. The van der Waals surface area contributed by atoms with Crippen LogP contribution in [0.3, 0.4) is 0 Å². The fourth-order valence-corrected chi connectivity index (χ4v) is 5.28. The maximum atomic E-state index is 12.7. The van der Waals surface area contributed by atoms with Crippen molar-refractivity contribution < 1.29 is 17.9 Å². The Kier molecular flexibility index (Phi) is 5.93. The average molecular weight is 440 g/mol. The second-order valence-electron chi connectivity index (χ2n) is 7.72. The summed E-state index contributed by atoms with van der Waals surface area (Å²) in [6.07, 6.45) is 1.72. The number of benzene rings is 2. The number of aryl methyl sites for hydroxylation is 2. The number of hydrogen-bond acceptors (Lipinski definition) is 5. The topological polar surface area (TPSA) is 81.5 Å². The molecule has 1 saturated heterocycles. The molecule has 0 radical (unpaired) electrons. The minimum Gasteiger partial charge on any atom is -0.457 e. The number of carbonyl (C=O) groups is 1. The van der Waals surface area contributed by atoms with Gasteiger partial charge in [0, 0.05) is 18.8 Å². The maximum absolute atomic E-state index is 12.7. The molecule has 2 aromatic carbocycles. The largest absolute Gasteiger partial charge is 0.457 e. The van der Waals surface area contributed by atoms with Crippen molar-refractivity contribution in [1.29, 1.82) is 0 Å². The van der Waals surface area contributed by atoms with E-state index in [0.717, 1.165) is 35.5 Å². The Morgan fingerprint density at radius 2 is 1.74 bits per heavy atom. The smallest absolute Gasteiger partial charge is 0.338 e. The molecule has 1 fully saturated rings. The monoisotopic (exact) mass is 439 g/mol. The van der Waals surface area contributed by atoms with E-state index < -0.39 is 16.0 Å². The first-order valence-electron chi connectivity index (χ1n) is 10.2. The molecule has 1 aliphatic rings. The molecule has 0 spiro atoms. The van der Waals surface area contributed by atoms with Gasteiger partial charge in [0.1, 0.15) is 6.61 Å². The first kappa shape index (κ1) is 21.3. The highest BCUT2D eigenvalue weighted by atomic mass is 32.2. The van der Waals surface area contributed by atoms with Crippen molar-refractivity contribution in [2.24, 2.45) is 0 Å². The van der Waals surface area contributed by atoms with E-state index in [4.69, 9.17) is 4.74 Å². The van der Waals surface area contributed by atoms with Crippen LogP contribution in [0.5, 0.6) is 0 Å². The number of ether oxygens (including phenoxy) is 1. The van der Waals surface area contributed by atoms with Gasteiger partial charge in [-0.1, -0.05) is 18.2 Å². The Morgan fingerprint density at radius 3 is 2.39 bits per heavy atom. The highest BCUT2D eigenvalue weighted by Gasteiger charge is 2.27. The Labute approximate surface area is 182 Å². The predicted octanol–water partition coefficient (Wildman–Crippen LogP) is 3.63. The van der Waals surface area contributed by atoms with Gasteiger partial charge in [-0.15, -0.1) is 0 Å². The van der Waals surface area contributed by atoms with Gasteiger partial charge in [0.15, 0.2) is 0 Å².